The summed E-state index contributed by atoms with van der Waals surface area (Å²) in [6, 6.07) is 3.63. The van der Waals surface area contributed by atoms with Crippen molar-refractivity contribution in [3.63, 3.8) is 0 Å². The van der Waals surface area contributed by atoms with Crippen molar-refractivity contribution in [3.05, 3.63) is 33.9 Å². The Morgan fingerprint density at radius 1 is 1.45 bits per heavy atom. The fourth-order valence-electron chi connectivity index (χ4n) is 2.40. The number of alkyl halides is 2. The Hall–Kier alpha value is -1.76. The van der Waals surface area contributed by atoms with E-state index in [2.05, 4.69) is 0 Å². The molecule has 0 spiro atoms. The third kappa shape index (κ3) is 2.87. The van der Waals surface area contributed by atoms with Crippen molar-refractivity contribution in [2.75, 3.05) is 18.1 Å². The van der Waals surface area contributed by atoms with E-state index in [1.54, 1.807) is 4.90 Å². The molecular formula is C13H16F2N2O3. The first-order valence-corrected chi connectivity index (χ1v) is 6.48. The van der Waals surface area contributed by atoms with Gasteiger partial charge in [-0.1, -0.05) is 0 Å². The lowest BCUT2D eigenvalue weighted by atomic mass is 9.90. The fourth-order valence-corrected chi connectivity index (χ4v) is 2.40. The molecule has 1 N–H and O–H groups in total. The molecule has 0 aromatic heterocycles. The fraction of sp³-hybridized carbons (Fsp3) is 0.538. The van der Waals surface area contributed by atoms with E-state index in [0.29, 0.717) is 0 Å². The highest BCUT2D eigenvalue weighted by atomic mass is 19.3. The Labute approximate surface area is 115 Å². The van der Waals surface area contributed by atoms with Crippen molar-refractivity contribution in [1.82, 2.24) is 0 Å². The lowest BCUT2D eigenvalue weighted by molar-refractivity contribution is -0.385. The number of nitro groups is 1. The number of aliphatic hydroxyl groups excluding tert-OH is 1. The van der Waals surface area contributed by atoms with Crippen LogP contribution in [0.15, 0.2) is 18.2 Å². The van der Waals surface area contributed by atoms with Gasteiger partial charge in [0.1, 0.15) is 0 Å². The number of halogens is 2. The second-order valence-electron chi connectivity index (χ2n) is 4.80. The standard InChI is InChI=1S/C13H16F2N2O3/c14-13(15)11-8-10(17(19)20)4-5-12(11)16(6-7-18)9-2-1-3-9/h4-5,8-9,13,18H,1-3,6-7H2. The van der Waals surface area contributed by atoms with Crippen LogP contribution in [-0.4, -0.2) is 29.2 Å². The van der Waals surface area contributed by atoms with Gasteiger partial charge in [0.15, 0.2) is 0 Å². The van der Waals surface area contributed by atoms with Gasteiger partial charge in [0.2, 0.25) is 0 Å². The maximum Gasteiger partial charge on any atom is 0.270 e. The van der Waals surface area contributed by atoms with E-state index >= 15 is 0 Å². The number of aliphatic hydroxyl groups is 1. The first-order valence-electron chi connectivity index (χ1n) is 6.48. The number of benzene rings is 1. The van der Waals surface area contributed by atoms with Crippen molar-refractivity contribution in [2.24, 2.45) is 0 Å². The van der Waals surface area contributed by atoms with Crippen LogP contribution in [0.3, 0.4) is 0 Å². The lowest BCUT2D eigenvalue weighted by Crippen LogP contribution is -2.42. The van der Waals surface area contributed by atoms with E-state index in [1.807, 2.05) is 0 Å². The molecular weight excluding hydrogens is 270 g/mol. The first-order chi connectivity index (χ1) is 9.54. The minimum absolute atomic E-state index is 0.126. The van der Waals surface area contributed by atoms with Crippen LogP contribution < -0.4 is 4.90 Å². The van der Waals surface area contributed by atoms with Gasteiger partial charge in [-0.25, -0.2) is 8.78 Å². The highest BCUT2D eigenvalue weighted by Gasteiger charge is 2.29. The molecule has 0 bridgehead atoms. The van der Waals surface area contributed by atoms with E-state index in [9.17, 15) is 18.9 Å². The summed E-state index contributed by atoms with van der Waals surface area (Å²) in [5.74, 6) is 0. The zero-order chi connectivity index (χ0) is 14.7. The molecule has 1 fully saturated rings. The van der Waals surface area contributed by atoms with Crippen LogP contribution in [0.25, 0.3) is 0 Å². The van der Waals surface area contributed by atoms with Crippen LogP contribution in [0.5, 0.6) is 0 Å². The van der Waals surface area contributed by atoms with Gasteiger partial charge in [-0.3, -0.25) is 10.1 Å². The number of hydrogen-bond donors (Lipinski definition) is 1. The van der Waals surface area contributed by atoms with Gasteiger partial charge < -0.3 is 10.0 Å². The van der Waals surface area contributed by atoms with Crippen LogP contribution in [0.2, 0.25) is 0 Å². The minimum atomic E-state index is -2.79. The highest BCUT2D eigenvalue weighted by Crippen LogP contribution is 2.37. The average Bonchev–Trinajstić information content (AvgIpc) is 2.35. The zero-order valence-electron chi connectivity index (χ0n) is 10.8. The quantitative estimate of drug-likeness (QED) is 0.645. The maximum atomic E-state index is 13.1. The molecule has 1 aromatic rings. The van der Waals surface area contributed by atoms with Crippen LogP contribution >= 0.6 is 0 Å². The molecule has 1 aliphatic carbocycles. The lowest BCUT2D eigenvalue weighted by Gasteiger charge is -2.39. The molecule has 0 unspecified atom stereocenters. The van der Waals surface area contributed by atoms with Crippen molar-refractivity contribution in [2.45, 2.75) is 31.7 Å². The summed E-state index contributed by atoms with van der Waals surface area (Å²) in [5.41, 5.74) is -0.412. The minimum Gasteiger partial charge on any atom is -0.395 e. The normalized spacial score (nSPS) is 15.2. The van der Waals surface area contributed by atoms with Gasteiger partial charge in [0.25, 0.3) is 12.1 Å². The number of hydrogen-bond acceptors (Lipinski definition) is 4. The van der Waals surface area contributed by atoms with Crippen LogP contribution in [0, 0.1) is 10.1 Å². The summed E-state index contributed by atoms with van der Waals surface area (Å²) in [4.78, 5) is 11.7. The summed E-state index contributed by atoms with van der Waals surface area (Å²) in [6.07, 6.45) is 0.0225. The molecule has 0 heterocycles. The topological polar surface area (TPSA) is 66.6 Å². The Morgan fingerprint density at radius 2 is 2.15 bits per heavy atom. The van der Waals surface area contributed by atoms with Crippen molar-refractivity contribution >= 4 is 11.4 Å². The van der Waals surface area contributed by atoms with Gasteiger partial charge in [-0.2, -0.15) is 0 Å². The number of nitro benzene ring substituents is 1. The molecule has 0 radical (unpaired) electrons. The first kappa shape index (κ1) is 14.6. The van der Waals surface area contributed by atoms with Gasteiger partial charge in [0.05, 0.1) is 11.5 Å². The molecule has 2 rings (SSSR count). The summed E-state index contributed by atoms with van der Waals surface area (Å²) >= 11 is 0. The van der Waals surface area contributed by atoms with Gasteiger partial charge in [0, 0.05) is 36.0 Å². The van der Waals surface area contributed by atoms with Crippen LogP contribution in [0.1, 0.15) is 31.3 Å². The average molecular weight is 286 g/mol. The van der Waals surface area contributed by atoms with E-state index in [1.165, 1.54) is 12.1 Å². The number of nitrogens with zero attached hydrogens (tertiary/aromatic N) is 2. The zero-order valence-corrected chi connectivity index (χ0v) is 10.8. The highest BCUT2D eigenvalue weighted by molar-refractivity contribution is 5.59. The molecule has 5 nitrogen and oxygen atoms in total. The monoisotopic (exact) mass is 286 g/mol. The second-order valence-corrected chi connectivity index (χ2v) is 4.80. The molecule has 0 amide bonds. The number of non-ortho nitro benzene ring substituents is 1. The maximum absolute atomic E-state index is 13.1. The smallest absolute Gasteiger partial charge is 0.270 e. The third-order valence-electron chi connectivity index (χ3n) is 3.62. The van der Waals surface area contributed by atoms with E-state index < -0.39 is 11.3 Å². The number of rotatable bonds is 6. The van der Waals surface area contributed by atoms with Crippen molar-refractivity contribution in [1.29, 1.82) is 0 Å². The van der Waals surface area contributed by atoms with E-state index in [0.717, 1.165) is 25.3 Å². The molecule has 7 heteroatoms. The summed E-state index contributed by atoms with van der Waals surface area (Å²) in [7, 11) is 0. The predicted molar refractivity (Wildman–Crippen MR) is 70.1 cm³/mol. The SMILES string of the molecule is O=[N+]([O-])c1ccc(N(CCO)C2CCC2)c(C(F)F)c1. The van der Waals surface area contributed by atoms with Crippen LogP contribution in [-0.2, 0) is 0 Å². The van der Waals surface area contributed by atoms with Gasteiger partial charge in [-0.05, 0) is 25.3 Å². The molecule has 1 aromatic carbocycles. The number of anilines is 1. The molecule has 0 saturated heterocycles. The predicted octanol–water partition coefficient (Wildman–Crippen LogP) is 2.88. The molecule has 20 heavy (non-hydrogen) atoms. The van der Waals surface area contributed by atoms with Crippen molar-refractivity contribution < 1.29 is 18.8 Å². The Balaban J connectivity index is 2.39. The molecule has 1 saturated carbocycles. The largest absolute Gasteiger partial charge is 0.395 e. The van der Waals surface area contributed by atoms with Crippen LogP contribution in [0.4, 0.5) is 20.2 Å². The Kier molecular flexibility index (Phi) is 4.49. The second kappa shape index (κ2) is 6.13. The molecule has 0 atom stereocenters. The summed E-state index contributed by atoms with van der Waals surface area (Å²) < 4.78 is 26.3. The Bertz CT molecular complexity index is 493. The van der Waals surface area contributed by atoms with E-state index in [4.69, 9.17) is 5.11 Å². The van der Waals surface area contributed by atoms with Gasteiger partial charge >= 0.3 is 0 Å². The summed E-state index contributed by atoms with van der Waals surface area (Å²) in [5, 5.41) is 19.8. The van der Waals surface area contributed by atoms with Gasteiger partial charge in [-0.15, -0.1) is 0 Å². The summed E-state index contributed by atoms with van der Waals surface area (Å²) in [6.45, 7) is 0.109. The van der Waals surface area contributed by atoms with E-state index in [-0.39, 0.29) is 36.1 Å². The molecule has 1 aliphatic rings. The molecule has 110 valence electrons. The Morgan fingerprint density at radius 3 is 2.60 bits per heavy atom. The van der Waals surface area contributed by atoms with Crippen molar-refractivity contribution in [3.8, 4) is 0 Å². The molecule has 0 aliphatic heterocycles. The third-order valence-corrected chi connectivity index (χ3v) is 3.62.